The van der Waals surface area contributed by atoms with E-state index in [1.807, 2.05) is 91.0 Å². The minimum atomic E-state index is -0.347. The average Bonchev–Trinajstić information content (AvgIpc) is 2.88. The zero-order valence-electron chi connectivity index (χ0n) is 18.1. The number of thioether (sulfide) groups is 1. The normalized spacial score (nSPS) is 11.5. The van der Waals surface area contributed by atoms with Gasteiger partial charge in [-0.1, -0.05) is 90.6 Å². The Balaban J connectivity index is 1.45. The van der Waals surface area contributed by atoms with Crippen molar-refractivity contribution in [3.05, 3.63) is 120 Å². The number of carbonyl (C=O) groups excluding carboxylic acids is 2. The maximum Gasteiger partial charge on any atom is 0.228 e. The van der Waals surface area contributed by atoms with Crippen LogP contribution in [0.25, 0.3) is 11.3 Å². The Kier molecular flexibility index (Phi) is 7.67. The van der Waals surface area contributed by atoms with Gasteiger partial charge in [-0.3, -0.25) is 14.6 Å². The van der Waals surface area contributed by atoms with Crippen molar-refractivity contribution in [2.24, 2.45) is 5.92 Å². The van der Waals surface area contributed by atoms with Crippen molar-refractivity contribution in [1.82, 2.24) is 4.98 Å². The fraction of sp³-hybridized carbons (Fsp3) is 0.107. The number of nitrogens with one attached hydrogen (secondary N) is 1. The number of nitrogens with zero attached hydrogens (tertiary/aromatic N) is 1. The third-order valence-electron chi connectivity index (χ3n) is 5.23. The molecule has 33 heavy (non-hydrogen) atoms. The van der Waals surface area contributed by atoms with Crippen molar-refractivity contribution in [3.63, 3.8) is 0 Å². The molecule has 0 spiro atoms. The highest BCUT2D eigenvalue weighted by Crippen LogP contribution is 2.23. The van der Waals surface area contributed by atoms with Crippen LogP contribution < -0.4 is 5.32 Å². The lowest BCUT2D eigenvalue weighted by atomic mass is 10.00. The van der Waals surface area contributed by atoms with E-state index in [1.165, 1.54) is 11.8 Å². The predicted octanol–water partition coefficient (Wildman–Crippen LogP) is 6.12. The van der Waals surface area contributed by atoms with Crippen molar-refractivity contribution in [1.29, 1.82) is 0 Å². The van der Waals surface area contributed by atoms with E-state index in [9.17, 15) is 9.59 Å². The van der Waals surface area contributed by atoms with Gasteiger partial charge >= 0.3 is 0 Å². The van der Waals surface area contributed by atoms with Gasteiger partial charge in [0.15, 0.2) is 0 Å². The van der Waals surface area contributed by atoms with Gasteiger partial charge in [0, 0.05) is 28.8 Å². The number of hydrogen-bond acceptors (Lipinski definition) is 4. The number of hydrogen-bond donors (Lipinski definition) is 1. The molecular weight excluding hydrogens is 428 g/mol. The van der Waals surface area contributed by atoms with E-state index in [-0.39, 0.29) is 16.9 Å². The third kappa shape index (κ3) is 6.40. The molecule has 4 rings (SSSR count). The van der Waals surface area contributed by atoms with Gasteiger partial charge in [-0.05, 0) is 36.2 Å². The predicted molar refractivity (Wildman–Crippen MR) is 135 cm³/mol. The Morgan fingerprint density at radius 3 is 2.12 bits per heavy atom. The van der Waals surface area contributed by atoms with Gasteiger partial charge in [-0.2, -0.15) is 0 Å². The fourth-order valence-corrected chi connectivity index (χ4v) is 4.39. The van der Waals surface area contributed by atoms with Gasteiger partial charge < -0.3 is 5.32 Å². The van der Waals surface area contributed by atoms with Crippen LogP contribution in [0.1, 0.15) is 15.9 Å². The topological polar surface area (TPSA) is 59.1 Å². The highest BCUT2D eigenvalue weighted by Gasteiger charge is 2.21. The highest BCUT2D eigenvalue weighted by molar-refractivity contribution is 8.14. The Labute approximate surface area is 198 Å². The summed E-state index contributed by atoms with van der Waals surface area (Å²) in [5.74, 6) is -0.0427. The number of aromatic nitrogens is 1. The molecule has 1 N–H and O–H groups in total. The molecule has 0 aliphatic carbocycles. The molecule has 5 heteroatoms. The first kappa shape index (κ1) is 22.5. The fourth-order valence-electron chi connectivity index (χ4n) is 3.46. The van der Waals surface area contributed by atoms with Crippen LogP contribution >= 0.6 is 11.8 Å². The van der Waals surface area contributed by atoms with Crippen LogP contribution in [0.4, 0.5) is 5.69 Å². The largest absolute Gasteiger partial charge is 0.326 e. The van der Waals surface area contributed by atoms with Crippen molar-refractivity contribution < 1.29 is 9.59 Å². The van der Waals surface area contributed by atoms with E-state index in [0.717, 1.165) is 22.5 Å². The number of pyridine rings is 1. The highest BCUT2D eigenvalue weighted by atomic mass is 32.2. The summed E-state index contributed by atoms with van der Waals surface area (Å²) in [4.78, 5) is 30.1. The molecule has 3 aromatic carbocycles. The lowest BCUT2D eigenvalue weighted by Gasteiger charge is -2.17. The molecular formula is C28H24N2O2S. The zero-order valence-corrected chi connectivity index (χ0v) is 18.9. The second kappa shape index (κ2) is 11.2. The van der Waals surface area contributed by atoms with E-state index in [2.05, 4.69) is 10.3 Å². The summed E-state index contributed by atoms with van der Waals surface area (Å²) in [6.07, 6.45) is 2.32. The molecule has 0 aliphatic rings. The molecule has 0 aliphatic heterocycles. The first-order valence-corrected chi connectivity index (χ1v) is 11.8. The van der Waals surface area contributed by atoms with Crippen molar-refractivity contribution in [2.45, 2.75) is 6.42 Å². The van der Waals surface area contributed by atoms with Crippen LogP contribution in [0.5, 0.6) is 0 Å². The molecule has 0 radical (unpaired) electrons. The van der Waals surface area contributed by atoms with Gasteiger partial charge in [0.1, 0.15) is 0 Å². The van der Waals surface area contributed by atoms with Crippen LogP contribution in [-0.4, -0.2) is 21.8 Å². The van der Waals surface area contributed by atoms with Crippen molar-refractivity contribution in [3.8, 4) is 11.3 Å². The van der Waals surface area contributed by atoms with Gasteiger partial charge in [-0.15, -0.1) is 0 Å². The average molecular weight is 453 g/mol. The number of anilines is 1. The van der Waals surface area contributed by atoms with E-state index in [4.69, 9.17) is 0 Å². The molecule has 1 unspecified atom stereocenters. The molecule has 164 valence electrons. The smallest absolute Gasteiger partial charge is 0.228 e. The molecule has 1 atom stereocenters. The molecule has 1 aromatic heterocycles. The summed E-state index contributed by atoms with van der Waals surface area (Å²) in [5, 5.41) is 2.99. The molecule has 0 fully saturated rings. The summed E-state index contributed by atoms with van der Waals surface area (Å²) in [6, 6.07) is 32.5. The number of rotatable bonds is 8. The van der Waals surface area contributed by atoms with E-state index in [1.54, 1.807) is 18.3 Å². The second-order valence-corrected chi connectivity index (χ2v) is 8.63. The van der Waals surface area contributed by atoms with Gasteiger partial charge in [0.2, 0.25) is 11.0 Å². The summed E-state index contributed by atoms with van der Waals surface area (Å²) >= 11 is 1.19. The standard InChI is InChI=1S/C28H24N2O2S/c31-27(30-25-16-14-22(15-17-25)26-13-7-8-18-29-26)24(19-21-9-3-1-4-10-21)20-33-28(32)23-11-5-2-6-12-23/h1-18,24H,19-20H2,(H,30,31). The Morgan fingerprint density at radius 1 is 0.788 bits per heavy atom. The second-order valence-electron chi connectivity index (χ2n) is 7.63. The summed E-state index contributed by atoms with van der Waals surface area (Å²) in [6.45, 7) is 0. The lowest BCUT2D eigenvalue weighted by Crippen LogP contribution is -2.27. The van der Waals surface area contributed by atoms with Gasteiger partial charge in [0.25, 0.3) is 0 Å². The summed E-state index contributed by atoms with van der Waals surface area (Å²) < 4.78 is 0. The first-order chi connectivity index (χ1) is 16.2. The quantitative estimate of drug-likeness (QED) is 0.350. The van der Waals surface area contributed by atoms with E-state index >= 15 is 0 Å². The SMILES string of the molecule is O=C(SCC(Cc1ccccc1)C(=O)Nc1ccc(-c2ccccn2)cc1)c1ccccc1. The maximum absolute atomic E-state index is 13.2. The van der Waals surface area contributed by atoms with Crippen LogP contribution in [-0.2, 0) is 11.2 Å². The summed E-state index contributed by atoms with van der Waals surface area (Å²) in [5.41, 5.74) is 4.30. The number of carbonyl (C=O) groups is 2. The van der Waals surface area contributed by atoms with Gasteiger partial charge in [0.05, 0.1) is 11.6 Å². The minimum Gasteiger partial charge on any atom is -0.326 e. The monoisotopic (exact) mass is 452 g/mol. The van der Waals surface area contributed by atoms with Crippen LogP contribution in [0, 0.1) is 5.92 Å². The van der Waals surface area contributed by atoms with Crippen molar-refractivity contribution >= 4 is 28.5 Å². The Hall–Kier alpha value is -3.70. The molecule has 1 amide bonds. The van der Waals surface area contributed by atoms with Crippen LogP contribution in [0.2, 0.25) is 0 Å². The molecule has 4 aromatic rings. The molecule has 0 bridgehead atoms. The number of amides is 1. The molecule has 4 nitrogen and oxygen atoms in total. The van der Waals surface area contributed by atoms with E-state index in [0.29, 0.717) is 17.7 Å². The van der Waals surface area contributed by atoms with Crippen LogP contribution in [0.15, 0.2) is 109 Å². The molecule has 0 saturated carbocycles. The Bertz CT molecular complexity index is 1180. The third-order valence-corrected chi connectivity index (χ3v) is 6.30. The van der Waals surface area contributed by atoms with Crippen LogP contribution in [0.3, 0.4) is 0 Å². The Morgan fingerprint density at radius 2 is 1.45 bits per heavy atom. The maximum atomic E-state index is 13.2. The summed E-state index contributed by atoms with van der Waals surface area (Å²) in [7, 11) is 0. The molecule has 1 heterocycles. The first-order valence-electron chi connectivity index (χ1n) is 10.8. The van der Waals surface area contributed by atoms with Crippen molar-refractivity contribution in [2.75, 3.05) is 11.1 Å². The number of benzene rings is 3. The minimum absolute atomic E-state index is 0.0267. The van der Waals surface area contributed by atoms with E-state index < -0.39 is 0 Å². The molecule has 0 saturated heterocycles. The lowest BCUT2D eigenvalue weighted by molar-refractivity contribution is -0.119. The zero-order chi connectivity index (χ0) is 22.9. The van der Waals surface area contributed by atoms with Gasteiger partial charge in [-0.25, -0.2) is 0 Å².